The van der Waals surface area contributed by atoms with E-state index in [1.807, 2.05) is 57.2 Å². The van der Waals surface area contributed by atoms with Gasteiger partial charge in [-0.2, -0.15) is 0 Å². The van der Waals surface area contributed by atoms with Crippen LogP contribution in [0.25, 0.3) is 0 Å². The molecular formula is C36H39Cl2N3O4S. The van der Waals surface area contributed by atoms with Gasteiger partial charge in [0.15, 0.2) is 0 Å². The summed E-state index contributed by atoms with van der Waals surface area (Å²) in [6.07, 6.45) is 0.916. The van der Waals surface area contributed by atoms with Crippen LogP contribution in [0.5, 0.6) is 0 Å². The van der Waals surface area contributed by atoms with E-state index in [-0.39, 0.29) is 35.5 Å². The van der Waals surface area contributed by atoms with Crippen molar-refractivity contribution in [2.75, 3.05) is 10.8 Å². The third-order valence-electron chi connectivity index (χ3n) is 7.91. The molecule has 7 nitrogen and oxygen atoms in total. The fourth-order valence-corrected chi connectivity index (χ4v) is 6.90. The van der Waals surface area contributed by atoms with Gasteiger partial charge in [0, 0.05) is 29.1 Å². The van der Waals surface area contributed by atoms with E-state index in [9.17, 15) is 18.0 Å². The zero-order valence-corrected chi connectivity index (χ0v) is 28.7. The van der Waals surface area contributed by atoms with Gasteiger partial charge in [0.2, 0.25) is 11.8 Å². The first-order valence-electron chi connectivity index (χ1n) is 15.1. The average Bonchev–Trinajstić information content (AvgIpc) is 3.03. The van der Waals surface area contributed by atoms with Crippen LogP contribution in [0.2, 0.25) is 10.0 Å². The molecule has 1 N–H and O–H groups in total. The molecule has 46 heavy (non-hydrogen) atoms. The van der Waals surface area contributed by atoms with E-state index in [4.69, 9.17) is 23.2 Å². The van der Waals surface area contributed by atoms with Crippen molar-refractivity contribution in [1.29, 1.82) is 0 Å². The van der Waals surface area contributed by atoms with E-state index < -0.39 is 28.5 Å². The summed E-state index contributed by atoms with van der Waals surface area (Å²) >= 11 is 12.8. The van der Waals surface area contributed by atoms with Crippen LogP contribution in [0.4, 0.5) is 5.69 Å². The Morgan fingerprint density at radius 2 is 1.50 bits per heavy atom. The lowest BCUT2D eigenvalue weighted by molar-refractivity contribution is -0.140. The van der Waals surface area contributed by atoms with Gasteiger partial charge in [-0.1, -0.05) is 96.4 Å². The number of sulfonamides is 1. The van der Waals surface area contributed by atoms with Gasteiger partial charge in [0.1, 0.15) is 12.6 Å². The highest BCUT2D eigenvalue weighted by Crippen LogP contribution is 2.31. The van der Waals surface area contributed by atoms with E-state index in [1.54, 1.807) is 55.5 Å². The predicted octanol–water partition coefficient (Wildman–Crippen LogP) is 7.36. The monoisotopic (exact) mass is 679 g/mol. The number of amides is 2. The van der Waals surface area contributed by atoms with Crippen molar-refractivity contribution >= 4 is 50.7 Å². The Morgan fingerprint density at radius 3 is 2.15 bits per heavy atom. The fraction of sp³-hybridized carbons (Fsp3) is 0.278. The third-order valence-corrected chi connectivity index (χ3v) is 10.3. The summed E-state index contributed by atoms with van der Waals surface area (Å²) < 4.78 is 29.6. The SMILES string of the molecule is CC[C@H](C)NC(=O)[C@H](Cc1ccccc1)N(Cc1cccc(Cl)c1)C(=O)CN(c1cccc(Cl)c1C)S(=O)(=O)c1ccc(C)cc1. The first kappa shape index (κ1) is 35.0. The van der Waals surface area contributed by atoms with Gasteiger partial charge in [-0.15, -0.1) is 0 Å². The number of nitrogens with one attached hydrogen (secondary N) is 1. The normalized spacial score (nSPS) is 12.7. The van der Waals surface area contributed by atoms with Crippen LogP contribution >= 0.6 is 23.2 Å². The standard InChI is InChI=1S/C36H39Cl2N3O4S/c1-5-26(3)39-36(43)34(22-28-11-7-6-8-12-28)40(23-29-13-9-14-30(37)21-29)35(42)24-41(33-16-10-15-32(38)27(33)4)46(44,45)31-19-17-25(2)18-20-31/h6-21,26,34H,5,22-24H2,1-4H3,(H,39,43)/t26-,34-/m0/s1. The predicted molar refractivity (Wildman–Crippen MR) is 186 cm³/mol. The number of aryl methyl sites for hydroxylation is 1. The lowest BCUT2D eigenvalue weighted by atomic mass is 10.0. The second kappa shape index (κ2) is 15.6. The quantitative estimate of drug-likeness (QED) is 0.160. The summed E-state index contributed by atoms with van der Waals surface area (Å²) in [4.78, 5) is 30.0. The number of anilines is 1. The Bertz CT molecular complexity index is 1770. The molecule has 4 aromatic carbocycles. The highest BCUT2D eigenvalue weighted by molar-refractivity contribution is 7.92. The summed E-state index contributed by atoms with van der Waals surface area (Å²) in [5.74, 6) is -0.893. The number of hydrogen-bond acceptors (Lipinski definition) is 4. The molecule has 2 atom stereocenters. The highest BCUT2D eigenvalue weighted by Gasteiger charge is 2.35. The minimum absolute atomic E-state index is 0.0256. The zero-order chi connectivity index (χ0) is 33.4. The van der Waals surface area contributed by atoms with Crippen LogP contribution in [-0.2, 0) is 32.6 Å². The molecule has 4 rings (SSSR count). The minimum Gasteiger partial charge on any atom is -0.352 e. The van der Waals surface area contributed by atoms with Crippen molar-refractivity contribution in [2.45, 2.75) is 64.1 Å². The van der Waals surface area contributed by atoms with Gasteiger partial charge >= 0.3 is 0 Å². The van der Waals surface area contributed by atoms with Gasteiger partial charge in [0.25, 0.3) is 10.0 Å². The largest absolute Gasteiger partial charge is 0.352 e. The molecule has 0 aromatic heterocycles. The Morgan fingerprint density at radius 1 is 0.848 bits per heavy atom. The van der Waals surface area contributed by atoms with Gasteiger partial charge in [-0.25, -0.2) is 8.42 Å². The van der Waals surface area contributed by atoms with Crippen molar-refractivity contribution in [3.8, 4) is 0 Å². The molecule has 0 spiro atoms. The maximum atomic E-state index is 14.6. The molecule has 0 unspecified atom stereocenters. The molecule has 0 fully saturated rings. The summed E-state index contributed by atoms with van der Waals surface area (Å²) in [5.41, 5.74) is 3.22. The maximum absolute atomic E-state index is 14.6. The molecule has 10 heteroatoms. The highest BCUT2D eigenvalue weighted by atomic mass is 35.5. The first-order valence-corrected chi connectivity index (χ1v) is 17.3. The maximum Gasteiger partial charge on any atom is 0.264 e. The molecule has 0 aliphatic carbocycles. The van der Waals surface area contributed by atoms with Gasteiger partial charge in [0.05, 0.1) is 10.6 Å². The summed E-state index contributed by atoms with van der Waals surface area (Å²) in [6, 6.07) is 26.8. The molecular weight excluding hydrogens is 641 g/mol. The molecule has 0 saturated carbocycles. The lowest BCUT2D eigenvalue weighted by Crippen LogP contribution is -2.54. The molecule has 0 radical (unpaired) electrons. The average molecular weight is 681 g/mol. The van der Waals surface area contributed by atoms with Crippen molar-refractivity contribution in [2.24, 2.45) is 0 Å². The summed E-state index contributed by atoms with van der Waals surface area (Å²) in [6.45, 7) is 6.90. The van der Waals surface area contributed by atoms with Crippen LogP contribution in [0.3, 0.4) is 0 Å². The van der Waals surface area contributed by atoms with E-state index >= 15 is 0 Å². The summed E-state index contributed by atoms with van der Waals surface area (Å²) in [7, 11) is -4.24. The molecule has 0 aliphatic rings. The number of hydrogen-bond donors (Lipinski definition) is 1. The molecule has 0 heterocycles. The van der Waals surface area contributed by atoms with Crippen molar-refractivity contribution < 1.29 is 18.0 Å². The van der Waals surface area contributed by atoms with Crippen molar-refractivity contribution in [1.82, 2.24) is 10.2 Å². The third kappa shape index (κ3) is 8.69. The van der Waals surface area contributed by atoms with Crippen LogP contribution in [-0.4, -0.2) is 43.8 Å². The lowest BCUT2D eigenvalue weighted by Gasteiger charge is -2.34. The molecule has 242 valence electrons. The van der Waals surface area contributed by atoms with Crippen LogP contribution in [0.15, 0.2) is 102 Å². The van der Waals surface area contributed by atoms with E-state index in [1.165, 1.54) is 17.0 Å². The zero-order valence-electron chi connectivity index (χ0n) is 26.4. The van der Waals surface area contributed by atoms with E-state index in [0.29, 0.717) is 27.6 Å². The Labute approximate surface area is 282 Å². The van der Waals surface area contributed by atoms with Crippen molar-refractivity contribution in [3.05, 3.63) is 129 Å². The number of rotatable bonds is 13. The molecule has 0 aliphatic heterocycles. The minimum atomic E-state index is -4.24. The Balaban J connectivity index is 1.84. The van der Waals surface area contributed by atoms with Crippen LogP contribution < -0.4 is 9.62 Å². The molecule has 4 aromatic rings. The number of carbonyl (C=O) groups is 2. The van der Waals surface area contributed by atoms with Crippen LogP contribution in [0, 0.1) is 13.8 Å². The summed E-state index contributed by atoms with van der Waals surface area (Å²) in [5, 5.41) is 3.88. The Hall–Kier alpha value is -3.85. The number of benzene rings is 4. The molecule has 2 amide bonds. The Kier molecular flexibility index (Phi) is 11.9. The van der Waals surface area contributed by atoms with Gasteiger partial charge < -0.3 is 10.2 Å². The molecule has 0 bridgehead atoms. The topological polar surface area (TPSA) is 86.8 Å². The van der Waals surface area contributed by atoms with Gasteiger partial charge in [-0.3, -0.25) is 13.9 Å². The smallest absolute Gasteiger partial charge is 0.264 e. The first-order chi connectivity index (χ1) is 21.9. The second-order valence-electron chi connectivity index (χ2n) is 11.4. The van der Waals surface area contributed by atoms with E-state index in [0.717, 1.165) is 15.4 Å². The fourth-order valence-electron chi connectivity index (χ4n) is 5.04. The number of halogens is 2. The molecule has 0 saturated heterocycles. The van der Waals surface area contributed by atoms with Crippen molar-refractivity contribution in [3.63, 3.8) is 0 Å². The second-order valence-corrected chi connectivity index (χ2v) is 14.1. The van der Waals surface area contributed by atoms with Crippen LogP contribution in [0.1, 0.15) is 42.5 Å². The van der Waals surface area contributed by atoms with E-state index in [2.05, 4.69) is 5.32 Å². The van der Waals surface area contributed by atoms with Gasteiger partial charge in [-0.05, 0) is 80.3 Å². The number of nitrogens with zero attached hydrogens (tertiary/aromatic N) is 2. The number of carbonyl (C=O) groups excluding carboxylic acids is 2.